The first-order valence-electron chi connectivity index (χ1n) is 10.4. The van der Waals surface area contributed by atoms with Crippen LogP contribution in [0.4, 0.5) is 4.39 Å². The number of fused-ring (bicyclic) bond motifs is 1. The number of benzene rings is 2. The SMILES string of the molecule is CCOc1ccc(C(=O)Cn2c(=O)oc3cc(S(=O)(=O)N4CCCCC4)ccc32)cc1F. The van der Waals surface area contributed by atoms with Gasteiger partial charge < -0.3 is 9.15 Å². The molecule has 0 atom stereocenters. The third-order valence-electron chi connectivity index (χ3n) is 5.45. The van der Waals surface area contributed by atoms with Crippen LogP contribution in [0.25, 0.3) is 11.1 Å². The maximum atomic E-state index is 14.1. The molecule has 0 unspecified atom stereocenters. The normalized spacial score (nSPS) is 15.2. The number of carbonyl (C=O) groups excluding carboxylic acids is 1. The average molecular weight is 462 g/mol. The van der Waals surface area contributed by atoms with Gasteiger partial charge in [0.05, 0.1) is 23.6 Å². The lowest BCUT2D eigenvalue weighted by Gasteiger charge is -2.25. The zero-order valence-corrected chi connectivity index (χ0v) is 18.4. The molecule has 0 spiro atoms. The molecule has 0 aliphatic carbocycles. The number of piperidine rings is 1. The quantitative estimate of drug-likeness (QED) is 0.500. The molecule has 0 saturated carbocycles. The molecule has 1 aliphatic rings. The molecular formula is C22H23FN2O6S. The predicted octanol–water partition coefficient (Wildman–Crippen LogP) is 3.19. The second kappa shape index (κ2) is 8.87. The van der Waals surface area contributed by atoms with Gasteiger partial charge in [-0.05, 0) is 50.1 Å². The van der Waals surface area contributed by atoms with Crippen molar-refractivity contribution in [1.82, 2.24) is 8.87 Å². The van der Waals surface area contributed by atoms with E-state index in [2.05, 4.69) is 0 Å². The van der Waals surface area contributed by atoms with Crippen molar-refractivity contribution >= 4 is 26.9 Å². The summed E-state index contributed by atoms with van der Waals surface area (Å²) < 4.78 is 52.7. The van der Waals surface area contributed by atoms with Crippen LogP contribution in [0, 0.1) is 5.82 Å². The molecule has 1 fully saturated rings. The van der Waals surface area contributed by atoms with Crippen LogP contribution in [-0.4, -0.2) is 42.8 Å². The van der Waals surface area contributed by atoms with Crippen molar-refractivity contribution in [3.8, 4) is 5.75 Å². The number of Topliss-reactive ketones (excluding diaryl/α,β-unsaturated/α-hetero) is 1. The lowest BCUT2D eigenvalue weighted by atomic mass is 10.1. The fourth-order valence-electron chi connectivity index (χ4n) is 3.79. The van der Waals surface area contributed by atoms with Gasteiger partial charge in [-0.2, -0.15) is 4.31 Å². The second-order valence-electron chi connectivity index (χ2n) is 7.55. The Kier molecular flexibility index (Phi) is 6.16. The summed E-state index contributed by atoms with van der Waals surface area (Å²) in [5, 5.41) is 0. The van der Waals surface area contributed by atoms with Crippen LogP contribution in [0.5, 0.6) is 5.75 Å². The number of aromatic nitrogens is 1. The molecule has 0 N–H and O–H groups in total. The Balaban J connectivity index is 1.62. The van der Waals surface area contributed by atoms with Crippen LogP contribution >= 0.6 is 0 Å². The summed E-state index contributed by atoms with van der Waals surface area (Å²) in [6.45, 7) is 2.54. The molecule has 170 valence electrons. The summed E-state index contributed by atoms with van der Waals surface area (Å²) in [5.74, 6) is -1.93. The number of rotatable bonds is 7. The van der Waals surface area contributed by atoms with Gasteiger partial charge in [0.1, 0.15) is 0 Å². The minimum absolute atomic E-state index is 0.0349. The van der Waals surface area contributed by atoms with E-state index in [0.29, 0.717) is 13.1 Å². The lowest BCUT2D eigenvalue weighted by Crippen LogP contribution is -2.35. The summed E-state index contributed by atoms with van der Waals surface area (Å²) in [7, 11) is -3.70. The van der Waals surface area contributed by atoms with Gasteiger partial charge in [0, 0.05) is 24.7 Å². The van der Waals surface area contributed by atoms with E-state index < -0.39 is 27.4 Å². The number of halogens is 1. The predicted molar refractivity (Wildman–Crippen MR) is 115 cm³/mol. The molecule has 8 nitrogen and oxygen atoms in total. The molecular weight excluding hydrogens is 439 g/mol. The van der Waals surface area contributed by atoms with Crippen molar-refractivity contribution in [3.05, 3.63) is 58.3 Å². The van der Waals surface area contributed by atoms with E-state index in [0.717, 1.165) is 29.9 Å². The minimum atomic E-state index is -3.70. The molecule has 10 heteroatoms. The van der Waals surface area contributed by atoms with Crippen molar-refractivity contribution < 1.29 is 26.8 Å². The van der Waals surface area contributed by atoms with Crippen molar-refractivity contribution in [2.45, 2.75) is 37.6 Å². The van der Waals surface area contributed by atoms with Crippen LogP contribution < -0.4 is 10.5 Å². The highest BCUT2D eigenvalue weighted by Crippen LogP contribution is 2.25. The minimum Gasteiger partial charge on any atom is -0.491 e. The molecule has 3 aromatic rings. The number of oxazole rings is 1. The van der Waals surface area contributed by atoms with Gasteiger partial charge in [0.15, 0.2) is 22.9 Å². The Labute approximate surface area is 184 Å². The molecule has 32 heavy (non-hydrogen) atoms. The van der Waals surface area contributed by atoms with Crippen LogP contribution in [0.15, 0.2) is 50.5 Å². The van der Waals surface area contributed by atoms with E-state index in [1.807, 2.05) is 0 Å². The number of ether oxygens (including phenoxy) is 1. The maximum Gasteiger partial charge on any atom is 0.420 e. The average Bonchev–Trinajstić information content (AvgIpc) is 3.10. The van der Waals surface area contributed by atoms with E-state index in [9.17, 15) is 22.4 Å². The van der Waals surface area contributed by atoms with Gasteiger partial charge >= 0.3 is 5.76 Å². The number of hydrogen-bond donors (Lipinski definition) is 0. The lowest BCUT2D eigenvalue weighted by molar-refractivity contribution is 0.0970. The highest BCUT2D eigenvalue weighted by molar-refractivity contribution is 7.89. The van der Waals surface area contributed by atoms with Crippen molar-refractivity contribution in [2.24, 2.45) is 0 Å². The molecule has 4 rings (SSSR count). The third-order valence-corrected chi connectivity index (χ3v) is 7.34. The van der Waals surface area contributed by atoms with Crippen molar-refractivity contribution in [2.75, 3.05) is 19.7 Å². The van der Waals surface area contributed by atoms with Gasteiger partial charge in [-0.25, -0.2) is 17.6 Å². The zero-order chi connectivity index (χ0) is 22.9. The second-order valence-corrected chi connectivity index (χ2v) is 9.49. The number of sulfonamides is 1. The van der Waals surface area contributed by atoms with Gasteiger partial charge in [0.25, 0.3) is 0 Å². The Morgan fingerprint density at radius 2 is 1.88 bits per heavy atom. The Bertz CT molecular complexity index is 1320. The highest BCUT2D eigenvalue weighted by atomic mass is 32.2. The van der Waals surface area contributed by atoms with E-state index in [1.54, 1.807) is 6.92 Å². The van der Waals surface area contributed by atoms with Crippen molar-refractivity contribution in [1.29, 1.82) is 0 Å². The van der Waals surface area contributed by atoms with Crippen LogP contribution in [0.3, 0.4) is 0 Å². The van der Waals surface area contributed by atoms with Crippen LogP contribution in [0.2, 0.25) is 0 Å². The van der Waals surface area contributed by atoms with Gasteiger partial charge in [-0.3, -0.25) is 9.36 Å². The topological polar surface area (TPSA) is 98.8 Å². The Morgan fingerprint density at radius 1 is 1.12 bits per heavy atom. The zero-order valence-electron chi connectivity index (χ0n) is 17.5. The highest BCUT2D eigenvalue weighted by Gasteiger charge is 2.27. The first-order valence-corrected chi connectivity index (χ1v) is 11.8. The van der Waals surface area contributed by atoms with Crippen LogP contribution in [0.1, 0.15) is 36.5 Å². The summed E-state index contributed by atoms with van der Waals surface area (Å²) >= 11 is 0. The van der Waals surface area contributed by atoms with Crippen molar-refractivity contribution in [3.63, 3.8) is 0 Å². The van der Waals surface area contributed by atoms with Crippen LogP contribution in [-0.2, 0) is 16.6 Å². The van der Waals surface area contributed by atoms with Gasteiger partial charge in [-0.15, -0.1) is 0 Å². The fraction of sp³-hybridized carbons (Fsp3) is 0.364. The summed E-state index contributed by atoms with van der Waals surface area (Å²) in [6, 6.07) is 8.00. The summed E-state index contributed by atoms with van der Waals surface area (Å²) in [6.07, 6.45) is 2.61. The number of ketones is 1. The maximum absolute atomic E-state index is 14.1. The summed E-state index contributed by atoms with van der Waals surface area (Å²) in [4.78, 5) is 25.0. The number of nitrogens with zero attached hydrogens (tertiary/aromatic N) is 2. The molecule has 1 aliphatic heterocycles. The molecule has 2 heterocycles. The molecule has 1 aromatic heterocycles. The molecule has 0 amide bonds. The Morgan fingerprint density at radius 3 is 2.56 bits per heavy atom. The molecule has 0 radical (unpaired) electrons. The Hall–Kier alpha value is -2.98. The molecule has 1 saturated heterocycles. The van der Waals surface area contributed by atoms with E-state index in [4.69, 9.17) is 9.15 Å². The largest absolute Gasteiger partial charge is 0.491 e. The smallest absolute Gasteiger partial charge is 0.420 e. The number of hydrogen-bond acceptors (Lipinski definition) is 6. The van der Waals surface area contributed by atoms with E-state index in [1.165, 1.54) is 34.6 Å². The molecule has 2 aromatic carbocycles. The van der Waals surface area contributed by atoms with Gasteiger partial charge in [-0.1, -0.05) is 6.42 Å². The standard InChI is InChI=1S/C22H23FN2O6S/c1-2-30-20-9-6-15(12-17(20)23)19(26)14-25-18-8-7-16(13-21(18)31-22(25)27)32(28,29)24-10-4-3-5-11-24/h6-9,12-13H,2-5,10-11,14H2,1H3. The number of carbonyl (C=O) groups is 1. The molecule has 0 bridgehead atoms. The van der Waals surface area contributed by atoms with Gasteiger partial charge in [0.2, 0.25) is 10.0 Å². The van der Waals surface area contributed by atoms with E-state index >= 15 is 0 Å². The monoisotopic (exact) mass is 462 g/mol. The first kappa shape index (κ1) is 22.2. The fourth-order valence-corrected chi connectivity index (χ4v) is 5.33. The third kappa shape index (κ3) is 4.20. The van der Waals surface area contributed by atoms with E-state index in [-0.39, 0.29) is 40.5 Å². The summed E-state index contributed by atoms with van der Waals surface area (Å²) in [5.41, 5.74) is 0.433. The first-order chi connectivity index (χ1) is 15.3.